The van der Waals surface area contributed by atoms with Gasteiger partial charge in [0.2, 0.25) is 0 Å². The number of hydrogen-bond donors (Lipinski definition) is 1. The molecule has 0 bridgehead atoms. The number of anilines is 1. The van der Waals surface area contributed by atoms with Crippen molar-refractivity contribution in [3.63, 3.8) is 0 Å². The van der Waals surface area contributed by atoms with Crippen molar-refractivity contribution >= 4 is 45.4 Å². The van der Waals surface area contributed by atoms with Gasteiger partial charge in [-0.1, -0.05) is 30.0 Å². The molecule has 24 heavy (non-hydrogen) atoms. The van der Waals surface area contributed by atoms with E-state index in [0.717, 1.165) is 21.3 Å². The summed E-state index contributed by atoms with van der Waals surface area (Å²) in [6.07, 6.45) is 1.91. The summed E-state index contributed by atoms with van der Waals surface area (Å²) in [5, 5.41) is 3.33. The molecule has 0 saturated heterocycles. The van der Waals surface area contributed by atoms with Crippen molar-refractivity contribution in [2.75, 3.05) is 5.32 Å². The smallest absolute Gasteiger partial charge is 0.283 e. The zero-order chi connectivity index (χ0) is 17.3. The molecule has 0 saturated carbocycles. The highest BCUT2D eigenvalue weighted by Gasteiger charge is 2.09. The first kappa shape index (κ1) is 16.3. The SMILES string of the molecule is C=C(F)C(=O)Nc1ccc2c(c1)c(C#Cc1ccc(Cl)s1)cn2C. The predicted molar refractivity (Wildman–Crippen MR) is 97.1 cm³/mol. The highest BCUT2D eigenvalue weighted by Crippen LogP contribution is 2.25. The van der Waals surface area contributed by atoms with Crippen molar-refractivity contribution in [2.24, 2.45) is 7.05 Å². The van der Waals surface area contributed by atoms with Crippen LogP contribution >= 0.6 is 22.9 Å². The van der Waals surface area contributed by atoms with Gasteiger partial charge in [0.15, 0.2) is 5.83 Å². The molecule has 6 heteroatoms. The Labute approximate surface area is 147 Å². The minimum atomic E-state index is -1.03. The highest BCUT2D eigenvalue weighted by molar-refractivity contribution is 7.16. The van der Waals surface area contributed by atoms with Crippen LogP contribution in [-0.2, 0) is 11.8 Å². The van der Waals surface area contributed by atoms with Crippen LogP contribution < -0.4 is 5.32 Å². The highest BCUT2D eigenvalue weighted by atomic mass is 35.5. The summed E-state index contributed by atoms with van der Waals surface area (Å²) in [6.45, 7) is 2.99. The second kappa shape index (κ2) is 6.52. The lowest BCUT2D eigenvalue weighted by Crippen LogP contribution is -2.10. The third kappa shape index (κ3) is 3.35. The largest absolute Gasteiger partial charge is 0.349 e. The molecule has 1 aromatic carbocycles. The third-order valence-corrected chi connectivity index (χ3v) is 4.53. The molecular formula is C18H12ClFN2OS. The van der Waals surface area contributed by atoms with Gasteiger partial charge < -0.3 is 9.88 Å². The van der Waals surface area contributed by atoms with E-state index in [1.165, 1.54) is 11.3 Å². The lowest BCUT2D eigenvalue weighted by molar-refractivity contribution is -0.114. The Hall–Kier alpha value is -2.55. The minimum absolute atomic E-state index is 0.486. The topological polar surface area (TPSA) is 34.0 Å². The summed E-state index contributed by atoms with van der Waals surface area (Å²) < 4.78 is 15.5. The van der Waals surface area contributed by atoms with E-state index in [1.54, 1.807) is 18.2 Å². The van der Waals surface area contributed by atoms with E-state index in [9.17, 15) is 9.18 Å². The molecule has 0 aliphatic carbocycles. The van der Waals surface area contributed by atoms with E-state index >= 15 is 0 Å². The van der Waals surface area contributed by atoms with Gasteiger partial charge in [-0.25, -0.2) is 4.39 Å². The number of rotatable bonds is 2. The average molecular weight is 359 g/mol. The third-order valence-electron chi connectivity index (χ3n) is 3.39. The Kier molecular flexibility index (Phi) is 4.43. The first-order chi connectivity index (χ1) is 11.4. The Morgan fingerprint density at radius 1 is 1.33 bits per heavy atom. The van der Waals surface area contributed by atoms with Gasteiger partial charge in [-0.2, -0.15) is 0 Å². The molecule has 0 fully saturated rings. The summed E-state index contributed by atoms with van der Waals surface area (Å²) >= 11 is 7.32. The van der Waals surface area contributed by atoms with Crippen LogP contribution in [0.5, 0.6) is 0 Å². The molecule has 3 rings (SSSR count). The molecule has 3 aromatic rings. The van der Waals surface area contributed by atoms with Crippen LogP contribution in [0.3, 0.4) is 0 Å². The van der Waals surface area contributed by atoms with E-state index in [2.05, 4.69) is 23.7 Å². The van der Waals surface area contributed by atoms with E-state index < -0.39 is 11.7 Å². The van der Waals surface area contributed by atoms with E-state index in [4.69, 9.17) is 11.6 Å². The van der Waals surface area contributed by atoms with Gasteiger partial charge in [0.05, 0.1) is 14.8 Å². The summed E-state index contributed by atoms with van der Waals surface area (Å²) in [5.41, 5.74) is 2.26. The number of benzene rings is 1. The molecule has 1 amide bonds. The van der Waals surface area contributed by atoms with Crippen molar-refractivity contribution in [1.82, 2.24) is 4.57 Å². The number of thiophene rings is 1. The fourth-order valence-corrected chi connectivity index (χ4v) is 3.18. The number of aryl methyl sites for hydroxylation is 1. The number of aromatic nitrogens is 1. The van der Waals surface area contributed by atoms with Gasteiger partial charge in [0.1, 0.15) is 0 Å². The van der Waals surface area contributed by atoms with Crippen molar-refractivity contribution < 1.29 is 9.18 Å². The Morgan fingerprint density at radius 3 is 2.79 bits per heavy atom. The van der Waals surface area contributed by atoms with Crippen LogP contribution in [0.2, 0.25) is 4.34 Å². The maximum atomic E-state index is 12.8. The van der Waals surface area contributed by atoms with Crippen LogP contribution in [0.4, 0.5) is 10.1 Å². The van der Waals surface area contributed by atoms with Gasteiger partial charge in [-0.15, -0.1) is 11.3 Å². The second-order valence-corrected chi connectivity index (χ2v) is 6.81. The number of amides is 1. The Morgan fingerprint density at radius 2 is 2.12 bits per heavy atom. The molecule has 0 spiro atoms. The average Bonchev–Trinajstić information content (AvgIpc) is 3.09. The fourth-order valence-electron chi connectivity index (χ4n) is 2.28. The first-order valence-electron chi connectivity index (χ1n) is 6.96. The van der Waals surface area contributed by atoms with Crippen molar-refractivity contribution in [2.45, 2.75) is 0 Å². The maximum absolute atomic E-state index is 12.8. The van der Waals surface area contributed by atoms with Crippen LogP contribution in [0.1, 0.15) is 10.4 Å². The number of hydrogen-bond acceptors (Lipinski definition) is 2. The molecular weight excluding hydrogens is 347 g/mol. The number of halogens is 2. The molecule has 2 aromatic heterocycles. The standard InChI is InChI=1S/C18H12ClFN2OS/c1-11(20)18(23)21-13-4-7-16-15(9-13)12(10-22(16)2)3-5-14-6-8-17(19)24-14/h4,6-10H,1H2,2H3,(H,21,23). The molecule has 0 atom stereocenters. The maximum Gasteiger partial charge on any atom is 0.283 e. The number of nitrogens with zero attached hydrogens (tertiary/aromatic N) is 1. The van der Waals surface area contributed by atoms with Crippen LogP contribution in [0.25, 0.3) is 10.9 Å². The zero-order valence-electron chi connectivity index (χ0n) is 12.7. The van der Waals surface area contributed by atoms with Gasteiger partial charge >= 0.3 is 0 Å². The van der Waals surface area contributed by atoms with Crippen LogP contribution in [0, 0.1) is 11.8 Å². The van der Waals surface area contributed by atoms with Crippen molar-refractivity contribution in [3.8, 4) is 11.8 Å². The van der Waals surface area contributed by atoms with Gasteiger partial charge in [-0.3, -0.25) is 4.79 Å². The quantitative estimate of drug-likeness (QED) is 0.522. The molecule has 0 radical (unpaired) electrons. The lowest BCUT2D eigenvalue weighted by atomic mass is 10.1. The normalized spacial score (nSPS) is 10.3. The van der Waals surface area contributed by atoms with Gasteiger partial charge in [0.25, 0.3) is 5.91 Å². The van der Waals surface area contributed by atoms with Gasteiger partial charge in [-0.05, 0) is 30.3 Å². The predicted octanol–water partition coefficient (Wildman–Crippen LogP) is 4.71. The van der Waals surface area contributed by atoms with Crippen LogP contribution in [0.15, 0.2) is 48.9 Å². The molecule has 1 N–H and O–H groups in total. The van der Waals surface area contributed by atoms with Crippen LogP contribution in [-0.4, -0.2) is 10.5 Å². The van der Waals surface area contributed by atoms with Crippen molar-refractivity contribution in [1.29, 1.82) is 0 Å². The number of carbonyl (C=O) groups is 1. The molecule has 2 heterocycles. The van der Waals surface area contributed by atoms with E-state index in [-0.39, 0.29) is 0 Å². The molecule has 3 nitrogen and oxygen atoms in total. The summed E-state index contributed by atoms with van der Waals surface area (Å²) in [7, 11) is 1.91. The summed E-state index contributed by atoms with van der Waals surface area (Å²) in [5.74, 6) is 4.31. The van der Waals surface area contributed by atoms with E-state index in [1.807, 2.05) is 29.9 Å². The fraction of sp³-hybridized carbons (Fsp3) is 0.0556. The molecule has 120 valence electrons. The van der Waals surface area contributed by atoms with Crippen molar-refractivity contribution in [3.05, 3.63) is 63.7 Å². The zero-order valence-corrected chi connectivity index (χ0v) is 14.3. The summed E-state index contributed by atoms with van der Waals surface area (Å²) in [6, 6.07) is 8.99. The Balaban J connectivity index is 2.00. The minimum Gasteiger partial charge on any atom is -0.349 e. The molecule has 0 aliphatic rings. The monoisotopic (exact) mass is 358 g/mol. The number of carbonyl (C=O) groups excluding carboxylic acids is 1. The first-order valence-corrected chi connectivity index (χ1v) is 8.15. The summed E-state index contributed by atoms with van der Waals surface area (Å²) in [4.78, 5) is 12.3. The second-order valence-electron chi connectivity index (χ2n) is 5.10. The lowest BCUT2D eigenvalue weighted by Gasteiger charge is -2.04. The molecule has 0 unspecified atom stereocenters. The Bertz CT molecular complexity index is 1020. The van der Waals surface area contributed by atoms with E-state index in [0.29, 0.717) is 10.0 Å². The van der Waals surface area contributed by atoms with Gasteiger partial charge in [0, 0.05) is 29.8 Å². The number of nitrogens with one attached hydrogen (secondary N) is 1. The number of fused-ring (bicyclic) bond motifs is 1. The molecule has 0 aliphatic heterocycles.